The van der Waals surface area contributed by atoms with E-state index in [1.54, 1.807) is 4.90 Å². The summed E-state index contributed by atoms with van der Waals surface area (Å²) in [5, 5.41) is 6.24. The highest BCUT2D eigenvalue weighted by atomic mass is 35.6. The molecule has 0 aromatic carbocycles. The Hall–Kier alpha value is 0.720. The maximum atomic E-state index is 6.26. The Morgan fingerprint density at radius 1 is 1.11 bits per heavy atom. The molecule has 0 saturated heterocycles. The Morgan fingerprint density at radius 2 is 1.63 bits per heavy atom. The summed E-state index contributed by atoms with van der Waals surface area (Å²) >= 11 is 30.2. The molecule has 0 saturated carbocycles. The molecule has 1 heterocycles. The fourth-order valence-corrected chi connectivity index (χ4v) is 2.60. The smallest absolute Gasteiger partial charge is 0.241 e. The summed E-state index contributed by atoms with van der Waals surface area (Å²) in [6.07, 6.45) is 2.30. The second kappa shape index (κ2) is 5.84. The molecule has 8 heteroatoms. The van der Waals surface area contributed by atoms with Crippen LogP contribution in [0.1, 0.15) is 34.1 Å². The van der Waals surface area contributed by atoms with Crippen LogP contribution in [0.4, 0.5) is 0 Å². The van der Waals surface area contributed by atoms with Gasteiger partial charge in [0.15, 0.2) is 0 Å². The Morgan fingerprint density at radius 3 is 2.00 bits per heavy atom. The normalized spacial score (nSPS) is 21.4. The van der Waals surface area contributed by atoms with Crippen LogP contribution in [0, 0.1) is 5.41 Å². The van der Waals surface area contributed by atoms with Gasteiger partial charge >= 0.3 is 0 Å². The minimum atomic E-state index is -1.85. The van der Waals surface area contributed by atoms with Crippen LogP contribution in [0.15, 0.2) is 5.10 Å². The molecule has 0 bridgehead atoms. The fraction of sp³-hybridized carbons (Fsp3) is 0.909. The van der Waals surface area contributed by atoms with E-state index >= 15 is 0 Å². The molecule has 0 aromatic rings. The van der Waals surface area contributed by atoms with Crippen molar-refractivity contribution in [1.82, 2.24) is 9.91 Å². The standard InChI is InChI=1S/C11H18Cl5N3/c1-5-6-19-8(9(2,3)4)18(7-17-19)11(15,16)10(12,13)14/h7-8H,5-6H2,1-4H3. The van der Waals surface area contributed by atoms with Crippen molar-refractivity contribution in [2.45, 2.75) is 48.5 Å². The van der Waals surface area contributed by atoms with E-state index in [2.05, 4.69) is 32.8 Å². The minimum absolute atomic E-state index is 0.170. The van der Waals surface area contributed by atoms with Crippen molar-refractivity contribution in [1.29, 1.82) is 0 Å². The molecule has 0 N–H and O–H groups in total. The molecule has 1 aliphatic heterocycles. The van der Waals surface area contributed by atoms with E-state index in [-0.39, 0.29) is 11.6 Å². The zero-order valence-electron chi connectivity index (χ0n) is 11.3. The quantitative estimate of drug-likeness (QED) is 0.524. The van der Waals surface area contributed by atoms with Crippen molar-refractivity contribution in [2.24, 2.45) is 10.5 Å². The average molecular weight is 370 g/mol. The zero-order valence-corrected chi connectivity index (χ0v) is 15.1. The number of hydrazone groups is 1. The minimum Gasteiger partial charge on any atom is -0.303 e. The first-order chi connectivity index (χ1) is 8.43. The van der Waals surface area contributed by atoms with Gasteiger partial charge in [-0.2, -0.15) is 5.10 Å². The third-order valence-corrected chi connectivity index (χ3v) is 5.12. The van der Waals surface area contributed by atoms with Gasteiger partial charge in [-0.15, -0.1) is 0 Å². The number of hydrogen-bond donors (Lipinski definition) is 0. The van der Waals surface area contributed by atoms with E-state index in [1.807, 2.05) is 5.01 Å². The molecular formula is C11H18Cl5N3. The molecule has 0 radical (unpaired) electrons. The Balaban J connectivity index is 3.11. The second-order valence-corrected chi connectivity index (χ2v) is 9.15. The van der Waals surface area contributed by atoms with Gasteiger partial charge in [0.05, 0.1) is 0 Å². The van der Waals surface area contributed by atoms with Gasteiger partial charge in [-0.25, -0.2) is 0 Å². The van der Waals surface area contributed by atoms with Crippen LogP contribution in [0.25, 0.3) is 0 Å². The molecule has 0 amide bonds. The molecule has 3 nitrogen and oxygen atoms in total. The van der Waals surface area contributed by atoms with E-state index in [0.717, 1.165) is 13.0 Å². The summed E-state index contributed by atoms with van der Waals surface area (Å²) in [5.41, 5.74) is -0.170. The first kappa shape index (κ1) is 17.8. The molecule has 1 rings (SSSR count). The van der Waals surface area contributed by atoms with Gasteiger partial charge < -0.3 is 4.90 Å². The topological polar surface area (TPSA) is 18.8 Å². The highest BCUT2D eigenvalue weighted by Crippen LogP contribution is 2.51. The van der Waals surface area contributed by atoms with E-state index in [1.165, 1.54) is 6.34 Å². The Labute approximate surface area is 139 Å². The van der Waals surface area contributed by atoms with Crippen LogP contribution < -0.4 is 0 Å². The third-order valence-electron chi connectivity index (χ3n) is 2.76. The van der Waals surface area contributed by atoms with Crippen LogP contribution in [0.2, 0.25) is 0 Å². The average Bonchev–Trinajstić information content (AvgIpc) is 2.60. The van der Waals surface area contributed by atoms with Crippen molar-refractivity contribution in [2.75, 3.05) is 6.54 Å². The van der Waals surface area contributed by atoms with Crippen LogP contribution in [0.3, 0.4) is 0 Å². The predicted molar refractivity (Wildman–Crippen MR) is 85.3 cm³/mol. The van der Waals surface area contributed by atoms with Gasteiger partial charge in [0.25, 0.3) is 0 Å². The summed E-state index contributed by atoms with van der Waals surface area (Å²) in [6, 6.07) is 0. The lowest BCUT2D eigenvalue weighted by Crippen LogP contribution is -2.58. The molecule has 0 fully saturated rings. The van der Waals surface area contributed by atoms with E-state index in [9.17, 15) is 0 Å². The van der Waals surface area contributed by atoms with Gasteiger partial charge in [-0.1, -0.05) is 85.7 Å². The largest absolute Gasteiger partial charge is 0.303 e. The van der Waals surface area contributed by atoms with Gasteiger partial charge in [-0.3, -0.25) is 5.01 Å². The molecule has 0 aromatic heterocycles. The number of halogens is 5. The first-order valence-corrected chi connectivity index (χ1v) is 7.85. The molecule has 0 aliphatic carbocycles. The van der Waals surface area contributed by atoms with Gasteiger partial charge in [0, 0.05) is 12.0 Å². The van der Waals surface area contributed by atoms with Crippen molar-refractivity contribution in [3.63, 3.8) is 0 Å². The van der Waals surface area contributed by atoms with Crippen LogP contribution in [-0.4, -0.2) is 37.2 Å². The van der Waals surface area contributed by atoms with E-state index < -0.39 is 8.25 Å². The van der Waals surface area contributed by atoms with Crippen molar-refractivity contribution in [3.05, 3.63) is 0 Å². The second-order valence-electron chi connectivity index (χ2n) is 5.58. The van der Waals surface area contributed by atoms with E-state index in [4.69, 9.17) is 58.0 Å². The molecule has 1 atom stereocenters. The number of hydrogen-bond acceptors (Lipinski definition) is 3. The van der Waals surface area contributed by atoms with Crippen LogP contribution in [0.5, 0.6) is 0 Å². The molecule has 0 spiro atoms. The number of rotatable bonds is 3. The summed E-state index contributed by atoms with van der Waals surface area (Å²) in [7, 11) is 0. The lowest BCUT2D eigenvalue weighted by molar-refractivity contribution is 0.0241. The van der Waals surface area contributed by atoms with Gasteiger partial charge in [0.2, 0.25) is 8.25 Å². The van der Waals surface area contributed by atoms with Gasteiger partial charge in [0.1, 0.15) is 12.5 Å². The molecule has 19 heavy (non-hydrogen) atoms. The maximum Gasteiger partial charge on any atom is 0.241 e. The third kappa shape index (κ3) is 3.68. The monoisotopic (exact) mass is 367 g/mol. The highest BCUT2D eigenvalue weighted by Gasteiger charge is 2.56. The molecule has 1 unspecified atom stereocenters. The highest BCUT2D eigenvalue weighted by molar-refractivity contribution is 6.75. The summed E-state index contributed by atoms with van der Waals surface area (Å²) in [6.45, 7) is 9.03. The molecule has 112 valence electrons. The summed E-state index contributed by atoms with van der Waals surface area (Å²) in [5.74, 6) is 0. The fourth-order valence-electron chi connectivity index (χ4n) is 2.04. The molecule has 1 aliphatic rings. The number of alkyl halides is 5. The summed E-state index contributed by atoms with van der Waals surface area (Å²) in [4.78, 5) is 1.60. The first-order valence-electron chi connectivity index (χ1n) is 5.96. The predicted octanol–water partition coefficient (Wildman–Crippen LogP) is 4.83. The Bertz CT molecular complexity index is 345. The van der Waals surface area contributed by atoms with E-state index in [0.29, 0.717) is 0 Å². The van der Waals surface area contributed by atoms with Crippen LogP contribution in [-0.2, 0) is 0 Å². The lowest BCUT2D eigenvalue weighted by Gasteiger charge is -2.46. The van der Waals surface area contributed by atoms with Crippen molar-refractivity contribution >= 4 is 64.3 Å². The maximum absolute atomic E-state index is 6.26. The zero-order chi connectivity index (χ0) is 15.1. The Kier molecular flexibility index (Phi) is 5.46. The molecular weight excluding hydrogens is 351 g/mol. The van der Waals surface area contributed by atoms with Crippen LogP contribution >= 0.6 is 58.0 Å². The number of nitrogens with zero attached hydrogens (tertiary/aromatic N) is 3. The lowest BCUT2D eigenvalue weighted by atomic mass is 9.91. The van der Waals surface area contributed by atoms with Gasteiger partial charge in [-0.05, 0) is 6.42 Å². The SMILES string of the molecule is CCCN1N=CN(C(Cl)(Cl)C(Cl)(Cl)Cl)C1C(C)(C)C. The van der Waals surface area contributed by atoms with Crippen molar-refractivity contribution < 1.29 is 0 Å². The summed E-state index contributed by atoms with van der Waals surface area (Å²) < 4.78 is -3.55. The van der Waals surface area contributed by atoms with Crippen molar-refractivity contribution in [3.8, 4) is 0 Å².